The lowest BCUT2D eigenvalue weighted by Gasteiger charge is -2.15. The molecule has 0 amide bonds. The first-order chi connectivity index (χ1) is 27.1. The van der Waals surface area contributed by atoms with Crippen molar-refractivity contribution in [1.82, 2.24) is 0 Å². The third-order valence-corrected chi connectivity index (χ3v) is 10.7. The molecule has 0 aliphatic rings. The Kier molecular flexibility index (Phi) is 44.9. The first-order valence-corrected chi connectivity index (χ1v) is 24.0. The number of hydrogen-bond donors (Lipinski definition) is 1. The van der Waals surface area contributed by atoms with Gasteiger partial charge in [-0.25, -0.2) is 0 Å². The molecule has 0 aromatic carbocycles. The van der Waals surface area contributed by atoms with Crippen LogP contribution in [0.5, 0.6) is 0 Å². The van der Waals surface area contributed by atoms with Crippen molar-refractivity contribution in [2.75, 3.05) is 13.2 Å². The summed E-state index contributed by atoms with van der Waals surface area (Å²) in [6.45, 7) is 4.05. The molecule has 1 unspecified atom stereocenters. The van der Waals surface area contributed by atoms with Crippen molar-refractivity contribution in [3.63, 3.8) is 0 Å². The van der Waals surface area contributed by atoms with Gasteiger partial charge in [0.25, 0.3) is 0 Å². The van der Waals surface area contributed by atoms with E-state index in [-0.39, 0.29) is 25.2 Å². The first-order valence-electron chi connectivity index (χ1n) is 24.0. The smallest absolute Gasteiger partial charge is 0.306 e. The van der Waals surface area contributed by atoms with Crippen LogP contribution in [0.2, 0.25) is 0 Å². The zero-order valence-corrected chi connectivity index (χ0v) is 36.7. The highest BCUT2D eigenvalue weighted by Crippen LogP contribution is 2.16. The largest absolute Gasteiger partial charge is 0.462 e. The molecular formula is C50H92O5. The van der Waals surface area contributed by atoms with Crippen LogP contribution < -0.4 is 0 Å². The van der Waals surface area contributed by atoms with Crippen LogP contribution in [0.3, 0.4) is 0 Å². The number of carbonyl (C=O) groups excluding carboxylic acids is 2. The molecule has 0 aromatic rings. The lowest BCUT2D eigenvalue weighted by molar-refractivity contribution is -0.161. The average Bonchev–Trinajstić information content (AvgIpc) is 3.19. The Morgan fingerprint density at radius 2 is 0.782 bits per heavy atom. The van der Waals surface area contributed by atoms with Crippen molar-refractivity contribution in [3.8, 4) is 0 Å². The minimum absolute atomic E-state index is 0.0665. The van der Waals surface area contributed by atoms with Crippen molar-refractivity contribution in [3.05, 3.63) is 36.5 Å². The summed E-state index contributed by atoms with van der Waals surface area (Å²) < 4.78 is 10.7. The van der Waals surface area contributed by atoms with Crippen molar-refractivity contribution in [2.24, 2.45) is 0 Å². The molecule has 5 nitrogen and oxygen atoms in total. The predicted octanol–water partition coefficient (Wildman–Crippen LogP) is 15.6. The third kappa shape index (κ3) is 44.7. The van der Waals surface area contributed by atoms with Gasteiger partial charge in [0.05, 0.1) is 6.61 Å². The summed E-state index contributed by atoms with van der Waals surface area (Å²) in [4.78, 5) is 24.4. The van der Waals surface area contributed by atoms with E-state index in [1.807, 2.05) is 0 Å². The lowest BCUT2D eigenvalue weighted by Crippen LogP contribution is -2.28. The van der Waals surface area contributed by atoms with Crippen LogP contribution in [0.15, 0.2) is 36.5 Å². The quantitative estimate of drug-likeness (QED) is 0.0379. The fourth-order valence-corrected chi connectivity index (χ4v) is 7.10. The first kappa shape index (κ1) is 53.1. The number of carbonyl (C=O) groups is 2. The van der Waals surface area contributed by atoms with E-state index in [4.69, 9.17) is 9.47 Å². The summed E-state index contributed by atoms with van der Waals surface area (Å²) >= 11 is 0. The SMILES string of the molecule is CC/C=C\C/C=C\C/C=C\CCCCCCCCCC(=O)OC(CO)COC(=O)CCCCCCCCCCCCCCCCCCCCCCCCCC. The number of unbranched alkanes of at least 4 members (excludes halogenated alkanes) is 30. The summed E-state index contributed by atoms with van der Waals surface area (Å²) in [6.07, 6.45) is 58.1. The number of rotatable bonds is 44. The Bertz CT molecular complexity index is 877. The Morgan fingerprint density at radius 1 is 0.436 bits per heavy atom. The fraction of sp³-hybridized carbons (Fsp3) is 0.840. The van der Waals surface area contributed by atoms with Gasteiger partial charge in [-0.2, -0.15) is 0 Å². The van der Waals surface area contributed by atoms with E-state index in [0.29, 0.717) is 12.8 Å². The molecular weight excluding hydrogens is 681 g/mol. The highest BCUT2D eigenvalue weighted by molar-refractivity contribution is 5.70. The molecule has 0 aromatic heterocycles. The van der Waals surface area contributed by atoms with Crippen molar-refractivity contribution in [2.45, 2.75) is 258 Å². The second-order valence-corrected chi connectivity index (χ2v) is 16.2. The molecule has 0 spiro atoms. The number of ether oxygens (including phenoxy) is 2. The van der Waals surface area contributed by atoms with Gasteiger partial charge >= 0.3 is 11.9 Å². The molecule has 1 N–H and O–H groups in total. The van der Waals surface area contributed by atoms with E-state index in [0.717, 1.165) is 64.2 Å². The zero-order chi connectivity index (χ0) is 40.0. The van der Waals surface area contributed by atoms with E-state index < -0.39 is 6.10 Å². The average molecular weight is 773 g/mol. The monoisotopic (exact) mass is 773 g/mol. The molecule has 0 aliphatic heterocycles. The molecule has 0 rings (SSSR count). The summed E-state index contributed by atoms with van der Waals surface area (Å²) in [5, 5.41) is 9.60. The van der Waals surface area contributed by atoms with Crippen molar-refractivity contribution < 1.29 is 24.2 Å². The van der Waals surface area contributed by atoms with Crippen LogP contribution in [-0.4, -0.2) is 36.4 Å². The minimum atomic E-state index is -0.774. The van der Waals surface area contributed by atoms with Crippen LogP contribution in [0.4, 0.5) is 0 Å². The normalized spacial score (nSPS) is 12.4. The second-order valence-electron chi connectivity index (χ2n) is 16.2. The highest BCUT2D eigenvalue weighted by Gasteiger charge is 2.16. The molecule has 5 heteroatoms. The van der Waals surface area contributed by atoms with Crippen LogP contribution in [0, 0.1) is 0 Å². The van der Waals surface area contributed by atoms with E-state index in [2.05, 4.69) is 50.3 Å². The Hall–Kier alpha value is -1.88. The topological polar surface area (TPSA) is 72.8 Å². The summed E-state index contributed by atoms with van der Waals surface area (Å²) in [5.74, 6) is -0.591. The summed E-state index contributed by atoms with van der Waals surface area (Å²) in [6, 6.07) is 0. The van der Waals surface area contributed by atoms with Crippen LogP contribution in [-0.2, 0) is 19.1 Å². The standard InChI is InChI=1S/C50H92O5/c1-3-5-7-9-11-13-15-17-19-21-22-23-24-25-26-27-29-30-32-34-36-38-40-42-44-49(52)54-47-48(46-51)55-50(53)45-43-41-39-37-35-33-31-28-20-18-16-14-12-10-8-6-4-2/h6,8,12,14,18,20,48,51H,3-5,7,9-11,13,15-17,19,21-47H2,1-2H3/b8-6-,14-12-,20-18-. The number of allylic oxidation sites excluding steroid dienone is 6. The van der Waals surface area contributed by atoms with Gasteiger partial charge in [-0.15, -0.1) is 0 Å². The molecule has 0 radical (unpaired) electrons. The van der Waals surface area contributed by atoms with Crippen LogP contribution in [0.1, 0.15) is 251 Å². The van der Waals surface area contributed by atoms with Gasteiger partial charge < -0.3 is 14.6 Å². The Balaban J connectivity index is 3.46. The molecule has 0 bridgehead atoms. The molecule has 0 heterocycles. The fourth-order valence-electron chi connectivity index (χ4n) is 7.10. The lowest BCUT2D eigenvalue weighted by atomic mass is 10.0. The molecule has 0 saturated carbocycles. The highest BCUT2D eigenvalue weighted by atomic mass is 16.6. The van der Waals surface area contributed by atoms with Gasteiger partial charge in [-0.1, -0.05) is 230 Å². The van der Waals surface area contributed by atoms with Crippen molar-refractivity contribution in [1.29, 1.82) is 0 Å². The Labute approximate surface area is 342 Å². The zero-order valence-electron chi connectivity index (χ0n) is 36.7. The van der Waals surface area contributed by atoms with Gasteiger partial charge in [-0.3, -0.25) is 9.59 Å². The van der Waals surface area contributed by atoms with Crippen molar-refractivity contribution >= 4 is 11.9 Å². The maximum absolute atomic E-state index is 12.2. The molecule has 1 atom stereocenters. The van der Waals surface area contributed by atoms with E-state index in [9.17, 15) is 14.7 Å². The van der Waals surface area contributed by atoms with Gasteiger partial charge in [-0.05, 0) is 44.9 Å². The number of aliphatic hydroxyl groups excluding tert-OH is 1. The molecule has 322 valence electrons. The molecule has 0 fully saturated rings. The predicted molar refractivity (Wildman–Crippen MR) is 238 cm³/mol. The second kappa shape index (κ2) is 46.5. The minimum Gasteiger partial charge on any atom is -0.462 e. The summed E-state index contributed by atoms with van der Waals surface area (Å²) in [7, 11) is 0. The molecule has 0 saturated heterocycles. The number of hydrogen-bond acceptors (Lipinski definition) is 5. The van der Waals surface area contributed by atoms with Gasteiger partial charge in [0.2, 0.25) is 0 Å². The molecule has 55 heavy (non-hydrogen) atoms. The third-order valence-electron chi connectivity index (χ3n) is 10.7. The van der Waals surface area contributed by atoms with E-state index >= 15 is 0 Å². The Morgan fingerprint density at radius 3 is 1.18 bits per heavy atom. The maximum Gasteiger partial charge on any atom is 0.306 e. The van der Waals surface area contributed by atoms with Gasteiger partial charge in [0.1, 0.15) is 6.61 Å². The van der Waals surface area contributed by atoms with Crippen LogP contribution >= 0.6 is 0 Å². The maximum atomic E-state index is 12.2. The molecule has 0 aliphatic carbocycles. The van der Waals surface area contributed by atoms with E-state index in [1.165, 1.54) is 161 Å². The number of esters is 2. The number of aliphatic hydroxyl groups is 1. The van der Waals surface area contributed by atoms with E-state index in [1.54, 1.807) is 0 Å². The van der Waals surface area contributed by atoms with Crippen LogP contribution in [0.25, 0.3) is 0 Å². The van der Waals surface area contributed by atoms with Gasteiger partial charge in [0, 0.05) is 12.8 Å². The summed E-state index contributed by atoms with van der Waals surface area (Å²) in [5.41, 5.74) is 0. The van der Waals surface area contributed by atoms with Gasteiger partial charge in [0.15, 0.2) is 6.10 Å².